The Bertz CT molecular complexity index is 1330. The molecule has 0 aliphatic carbocycles. The van der Waals surface area contributed by atoms with E-state index in [1.807, 2.05) is 0 Å². The second-order valence-corrected chi connectivity index (χ2v) is 8.40. The number of methoxy groups -OCH3 is 1. The van der Waals surface area contributed by atoms with Crippen molar-refractivity contribution < 1.29 is 49.6 Å². The van der Waals surface area contributed by atoms with Gasteiger partial charge < -0.3 is 44.8 Å². The van der Waals surface area contributed by atoms with E-state index >= 15 is 0 Å². The Hall–Kier alpha value is -4.15. The molecule has 0 bridgehead atoms. The van der Waals surface area contributed by atoms with Gasteiger partial charge in [-0.1, -0.05) is 6.07 Å². The van der Waals surface area contributed by atoms with Gasteiger partial charge in [0.2, 0.25) is 5.78 Å². The number of carbonyl (C=O) groups is 1. The van der Waals surface area contributed by atoms with Crippen LogP contribution in [0.3, 0.4) is 0 Å². The van der Waals surface area contributed by atoms with E-state index in [9.17, 15) is 35.4 Å². The number of phenolic OH excluding ortho intramolecular Hbond substituents is 4. The van der Waals surface area contributed by atoms with E-state index in [4.69, 9.17) is 14.2 Å². The van der Waals surface area contributed by atoms with Crippen LogP contribution < -0.4 is 14.2 Å². The molecule has 2 unspecified atom stereocenters. The molecule has 0 spiro atoms. The normalized spacial score (nSPS) is 22.7. The third-order valence-electron chi connectivity index (χ3n) is 6.31. The van der Waals surface area contributed by atoms with E-state index in [0.29, 0.717) is 11.1 Å². The third kappa shape index (κ3) is 3.54. The number of benzene rings is 3. The summed E-state index contributed by atoms with van der Waals surface area (Å²) in [7, 11) is 1.40. The Labute approximate surface area is 198 Å². The van der Waals surface area contributed by atoms with E-state index in [2.05, 4.69) is 0 Å². The average molecular weight is 482 g/mol. The molecular formula is C25H22O10. The van der Waals surface area contributed by atoms with E-state index in [1.54, 1.807) is 12.1 Å². The van der Waals surface area contributed by atoms with Crippen LogP contribution in [0.25, 0.3) is 0 Å². The summed E-state index contributed by atoms with van der Waals surface area (Å²) in [5, 5.41) is 61.2. The van der Waals surface area contributed by atoms with Gasteiger partial charge in [0.05, 0.1) is 25.2 Å². The maximum atomic E-state index is 12.9. The molecule has 10 nitrogen and oxygen atoms in total. The van der Waals surface area contributed by atoms with Crippen LogP contribution in [0.2, 0.25) is 0 Å². The van der Waals surface area contributed by atoms with Crippen LogP contribution in [0.1, 0.15) is 46.5 Å². The summed E-state index contributed by atoms with van der Waals surface area (Å²) in [6.45, 7) is -0.365. The Balaban J connectivity index is 1.54. The lowest BCUT2D eigenvalue weighted by Crippen LogP contribution is -2.30. The van der Waals surface area contributed by atoms with Crippen LogP contribution in [0.5, 0.6) is 40.2 Å². The number of hydrogen-bond acceptors (Lipinski definition) is 10. The summed E-state index contributed by atoms with van der Waals surface area (Å²) < 4.78 is 16.8. The molecule has 0 aromatic heterocycles. The molecule has 182 valence electrons. The van der Waals surface area contributed by atoms with Crippen molar-refractivity contribution in [3.05, 3.63) is 64.7 Å². The Morgan fingerprint density at radius 2 is 1.69 bits per heavy atom. The number of carbonyl (C=O) groups excluding carboxylic acids is 1. The SMILES string of the molecule is COc1cc(C2Oc3c(O)cc([C@H]4Oc5cc(O)cc(O)c5C(O)C4=O)cc3[C@H]2CO)ccc1O. The van der Waals surface area contributed by atoms with E-state index < -0.39 is 35.8 Å². The highest BCUT2D eigenvalue weighted by molar-refractivity contribution is 5.92. The summed E-state index contributed by atoms with van der Waals surface area (Å²) in [6.07, 6.45) is -3.81. The summed E-state index contributed by atoms with van der Waals surface area (Å²) in [4.78, 5) is 12.9. The minimum absolute atomic E-state index is 0.0682. The fourth-order valence-electron chi connectivity index (χ4n) is 4.62. The monoisotopic (exact) mass is 482 g/mol. The van der Waals surface area contributed by atoms with Gasteiger partial charge in [-0.25, -0.2) is 0 Å². The molecule has 3 aromatic rings. The van der Waals surface area contributed by atoms with Crippen molar-refractivity contribution in [2.24, 2.45) is 0 Å². The summed E-state index contributed by atoms with van der Waals surface area (Å²) >= 11 is 0. The molecule has 4 atom stereocenters. The van der Waals surface area contributed by atoms with Gasteiger partial charge in [-0.15, -0.1) is 0 Å². The van der Waals surface area contributed by atoms with Crippen LogP contribution in [0.15, 0.2) is 42.5 Å². The molecule has 0 radical (unpaired) electrons. The highest BCUT2D eigenvalue weighted by atomic mass is 16.5. The lowest BCUT2D eigenvalue weighted by atomic mass is 9.88. The van der Waals surface area contributed by atoms with Gasteiger partial charge in [-0.3, -0.25) is 4.79 Å². The molecule has 0 amide bonds. The molecule has 2 aliphatic heterocycles. The Morgan fingerprint density at radius 1 is 0.914 bits per heavy atom. The maximum Gasteiger partial charge on any atom is 0.211 e. The van der Waals surface area contributed by atoms with Crippen molar-refractivity contribution >= 4 is 5.78 Å². The van der Waals surface area contributed by atoms with Crippen LogP contribution in [-0.2, 0) is 4.79 Å². The zero-order valence-electron chi connectivity index (χ0n) is 18.4. The molecule has 2 aliphatic rings. The van der Waals surface area contributed by atoms with Gasteiger partial charge >= 0.3 is 0 Å². The number of ketones is 1. The number of rotatable bonds is 4. The topological polar surface area (TPSA) is 166 Å². The number of ether oxygens (including phenoxy) is 3. The molecule has 0 fully saturated rings. The number of aliphatic hydroxyl groups excluding tert-OH is 2. The van der Waals surface area contributed by atoms with Crippen molar-refractivity contribution in [2.75, 3.05) is 13.7 Å². The highest BCUT2D eigenvalue weighted by Gasteiger charge is 2.42. The second-order valence-electron chi connectivity index (χ2n) is 8.40. The van der Waals surface area contributed by atoms with E-state index in [1.165, 1.54) is 31.4 Å². The number of Topliss-reactive ketones (excluding diaryl/α,β-unsaturated/α-hetero) is 1. The lowest BCUT2D eigenvalue weighted by Gasteiger charge is -2.29. The fourth-order valence-corrected chi connectivity index (χ4v) is 4.62. The summed E-state index contributed by atoms with van der Waals surface area (Å²) in [6, 6.07) is 9.55. The maximum absolute atomic E-state index is 12.9. The van der Waals surface area contributed by atoms with Gasteiger partial charge in [-0.05, 0) is 29.8 Å². The second kappa shape index (κ2) is 8.26. The van der Waals surface area contributed by atoms with Crippen LogP contribution in [0.4, 0.5) is 0 Å². The number of hydrogen-bond donors (Lipinski definition) is 6. The number of fused-ring (bicyclic) bond motifs is 2. The van der Waals surface area contributed by atoms with Crippen molar-refractivity contribution in [1.29, 1.82) is 0 Å². The fraction of sp³-hybridized carbons (Fsp3) is 0.240. The zero-order valence-corrected chi connectivity index (χ0v) is 18.4. The van der Waals surface area contributed by atoms with Crippen molar-refractivity contribution in [3.8, 4) is 40.2 Å². The van der Waals surface area contributed by atoms with E-state index in [0.717, 1.165) is 6.07 Å². The third-order valence-corrected chi connectivity index (χ3v) is 6.31. The van der Waals surface area contributed by atoms with Crippen LogP contribution in [0, 0.1) is 0 Å². The molecule has 0 saturated carbocycles. The average Bonchev–Trinajstić information content (AvgIpc) is 3.20. The predicted octanol–water partition coefficient (Wildman–Crippen LogP) is 2.46. The Morgan fingerprint density at radius 3 is 2.40 bits per heavy atom. The molecule has 0 saturated heterocycles. The molecule has 5 rings (SSSR count). The van der Waals surface area contributed by atoms with Gasteiger partial charge in [0.25, 0.3) is 0 Å². The molecular weight excluding hydrogens is 460 g/mol. The molecule has 2 heterocycles. The number of phenols is 4. The van der Waals surface area contributed by atoms with Crippen molar-refractivity contribution in [2.45, 2.75) is 24.2 Å². The largest absolute Gasteiger partial charge is 0.508 e. The minimum Gasteiger partial charge on any atom is -0.508 e. The Kier molecular flexibility index (Phi) is 5.34. The first-order valence-electron chi connectivity index (χ1n) is 10.7. The molecule has 10 heteroatoms. The molecule has 6 N–H and O–H groups in total. The zero-order chi connectivity index (χ0) is 25.0. The smallest absolute Gasteiger partial charge is 0.211 e. The summed E-state index contributed by atoms with van der Waals surface area (Å²) in [5.74, 6) is -2.36. The van der Waals surface area contributed by atoms with Gasteiger partial charge in [0, 0.05) is 23.3 Å². The van der Waals surface area contributed by atoms with Gasteiger partial charge in [0.15, 0.2) is 29.1 Å². The number of aliphatic hydroxyl groups is 2. The first-order chi connectivity index (χ1) is 16.7. The predicted molar refractivity (Wildman–Crippen MR) is 119 cm³/mol. The van der Waals surface area contributed by atoms with Gasteiger partial charge in [0.1, 0.15) is 29.5 Å². The van der Waals surface area contributed by atoms with Crippen LogP contribution >= 0.6 is 0 Å². The van der Waals surface area contributed by atoms with Crippen LogP contribution in [-0.4, -0.2) is 50.1 Å². The summed E-state index contributed by atoms with van der Waals surface area (Å²) in [5.41, 5.74) is 1.02. The standard InChI is InChI=1S/C25H22O10/c1-33-18-6-10(2-3-15(18)28)23-14(9-26)13-4-11(5-17(30)25(13)35-23)24-22(32)21(31)20-16(29)7-12(27)8-19(20)34-24/h2-8,14,21,23-24,26-31H,9H2,1H3/t14-,21?,23?,24-/m1/s1. The lowest BCUT2D eigenvalue weighted by molar-refractivity contribution is -0.137. The highest BCUT2D eigenvalue weighted by Crippen LogP contribution is 2.53. The minimum atomic E-state index is -1.72. The molecule has 3 aromatic carbocycles. The number of aromatic hydroxyl groups is 4. The quantitative estimate of drug-likeness (QED) is 0.325. The van der Waals surface area contributed by atoms with E-state index in [-0.39, 0.29) is 52.2 Å². The first kappa shape index (κ1) is 22.6. The van der Waals surface area contributed by atoms with Gasteiger partial charge in [-0.2, -0.15) is 0 Å². The first-order valence-corrected chi connectivity index (χ1v) is 10.7. The molecule has 35 heavy (non-hydrogen) atoms. The van der Waals surface area contributed by atoms with Crippen molar-refractivity contribution in [1.82, 2.24) is 0 Å². The van der Waals surface area contributed by atoms with Crippen molar-refractivity contribution in [3.63, 3.8) is 0 Å².